The van der Waals surface area contributed by atoms with Gasteiger partial charge in [-0.05, 0) is 12.1 Å². The molecule has 0 aliphatic carbocycles. The Bertz CT molecular complexity index is 307. The molecule has 0 fully saturated rings. The van der Waals surface area contributed by atoms with Crippen LogP contribution in [0.2, 0.25) is 0 Å². The topological polar surface area (TPSA) is 26.3 Å². The minimum absolute atomic E-state index is 0.0178. The van der Waals surface area contributed by atoms with Crippen LogP contribution >= 0.6 is 0 Å². The van der Waals surface area contributed by atoms with Gasteiger partial charge >= 0.3 is 0 Å². The van der Waals surface area contributed by atoms with Gasteiger partial charge in [0.05, 0.1) is 12.7 Å². The van der Waals surface area contributed by atoms with Gasteiger partial charge in [0, 0.05) is 13.0 Å². The van der Waals surface area contributed by atoms with Gasteiger partial charge in [-0.3, -0.25) is 4.79 Å². The molecule has 0 aromatic heterocycles. The summed E-state index contributed by atoms with van der Waals surface area (Å²) in [4.78, 5) is 10.7. The lowest BCUT2D eigenvalue weighted by molar-refractivity contribution is 0.104. The van der Waals surface area contributed by atoms with Gasteiger partial charge in [0.15, 0.2) is 5.78 Å². The van der Waals surface area contributed by atoms with Crippen molar-refractivity contribution in [2.45, 2.75) is 0 Å². The molecule has 1 radical (unpaired) electrons. The number of hydrogen-bond acceptors (Lipinski definition) is 2. The average Bonchev–Trinajstić information content (AvgIpc) is 2.03. The maximum atomic E-state index is 12.9. The highest BCUT2D eigenvalue weighted by Crippen LogP contribution is 2.16. The number of Topliss-reactive ketones (excluding diaryl/α,β-unsaturated/α-hetero) is 1. The molecule has 0 atom stereocenters. The number of ether oxygens (including phenoxy) is 1. The molecular weight excluding hydrogens is 159 g/mol. The maximum Gasteiger partial charge on any atom is 0.166 e. The van der Waals surface area contributed by atoms with Gasteiger partial charge in [-0.15, -0.1) is 0 Å². The number of hydrogen-bond donors (Lipinski definition) is 0. The van der Waals surface area contributed by atoms with Gasteiger partial charge in [0.1, 0.15) is 11.6 Å². The van der Waals surface area contributed by atoms with E-state index >= 15 is 0 Å². The van der Waals surface area contributed by atoms with E-state index in [1.165, 1.54) is 19.2 Å². The summed E-state index contributed by atoms with van der Waals surface area (Å²) >= 11 is 0. The largest absolute Gasteiger partial charge is 0.497 e. The number of ketones is 1. The molecule has 12 heavy (non-hydrogen) atoms. The van der Waals surface area contributed by atoms with Crippen molar-refractivity contribution in [3.63, 3.8) is 0 Å². The van der Waals surface area contributed by atoms with Crippen molar-refractivity contribution in [1.29, 1.82) is 0 Å². The quantitative estimate of drug-likeness (QED) is 0.628. The summed E-state index contributed by atoms with van der Waals surface area (Å²) in [5.41, 5.74) is -0.0178. The summed E-state index contributed by atoms with van der Waals surface area (Å²) in [6.45, 7) is 3.11. The summed E-state index contributed by atoms with van der Waals surface area (Å²) in [6, 6.07) is 4.02. The molecule has 0 heterocycles. The van der Waals surface area contributed by atoms with Gasteiger partial charge < -0.3 is 4.74 Å². The molecule has 1 rings (SSSR count). The van der Waals surface area contributed by atoms with Gasteiger partial charge in [0.25, 0.3) is 0 Å². The second-order valence-electron chi connectivity index (χ2n) is 2.27. The third-order valence-corrected chi connectivity index (χ3v) is 1.48. The van der Waals surface area contributed by atoms with Crippen molar-refractivity contribution >= 4 is 5.78 Å². The summed E-state index contributed by atoms with van der Waals surface area (Å²) in [5.74, 6) is -0.748. The van der Waals surface area contributed by atoms with Gasteiger partial charge in [-0.2, -0.15) is 0 Å². The minimum Gasteiger partial charge on any atom is -0.497 e. The highest BCUT2D eigenvalue weighted by molar-refractivity contribution is 5.99. The zero-order chi connectivity index (χ0) is 9.14. The van der Waals surface area contributed by atoms with Crippen LogP contribution < -0.4 is 4.74 Å². The molecule has 0 spiro atoms. The van der Waals surface area contributed by atoms with E-state index in [4.69, 9.17) is 4.74 Å². The Hall–Kier alpha value is -1.38. The lowest BCUT2D eigenvalue weighted by Crippen LogP contribution is -1.97. The molecule has 3 heteroatoms. The predicted octanol–water partition coefficient (Wildman–Crippen LogP) is 1.85. The standard InChI is InChI=1S/C9H8FO2/c1-6(11)8-4-3-7(12-2)5-9(8)10/h3-5H,1H2,2H3. The van der Waals surface area contributed by atoms with Gasteiger partial charge in [-0.1, -0.05) is 0 Å². The van der Waals surface area contributed by atoms with E-state index in [2.05, 4.69) is 6.92 Å². The Morgan fingerprint density at radius 3 is 2.67 bits per heavy atom. The van der Waals surface area contributed by atoms with Crippen molar-refractivity contribution in [3.8, 4) is 5.75 Å². The van der Waals surface area contributed by atoms with Crippen LogP contribution in [-0.2, 0) is 0 Å². The van der Waals surface area contributed by atoms with E-state index in [-0.39, 0.29) is 5.56 Å². The molecule has 1 aromatic carbocycles. The molecule has 63 valence electrons. The highest BCUT2D eigenvalue weighted by Gasteiger charge is 2.07. The second-order valence-corrected chi connectivity index (χ2v) is 2.27. The second kappa shape index (κ2) is 3.34. The average molecular weight is 167 g/mol. The number of rotatable bonds is 2. The van der Waals surface area contributed by atoms with Crippen LogP contribution in [0.4, 0.5) is 4.39 Å². The fourth-order valence-electron chi connectivity index (χ4n) is 0.849. The Kier molecular flexibility index (Phi) is 2.43. The number of benzene rings is 1. The number of carbonyl (C=O) groups is 1. The molecule has 0 unspecified atom stereocenters. The van der Waals surface area contributed by atoms with Crippen LogP contribution in [0.1, 0.15) is 10.4 Å². The Morgan fingerprint density at radius 2 is 2.25 bits per heavy atom. The minimum atomic E-state index is -0.602. The zero-order valence-electron chi connectivity index (χ0n) is 6.63. The normalized spacial score (nSPS) is 9.58. The first-order valence-electron chi connectivity index (χ1n) is 3.35. The van der Waals surface area contributed by atoms with Gasteiger partial charge in [-0.25, -0.2) is 4.39 Å². The van der Waals surface area contributed by atoms with Crippen LogP contribution in [0.15, 0.2) is 18.2 Å². The molecule has 0 bridgehead atoms. The summed E-state index contributed by atoms with van der Waals surface area (Å²) in [6.07, 6.45) is 0. The van der Waals surface area contributed by atoms with Crippen LogP contribution in [0, 0.1) is 12.7 Å². The van der Waals surface area contributed by atoms with E-state index in [1.807, 2.05) is 0 Å². The monoisotopic (exact) mass is 167 g/mol. The van der Waals surface area contributed by atoms with Crippen LogP contribution in [-0.4, -0.2) is 12.9 Å². The lowest BCUT2D eigenvalue weighted by Gasteiger charge is -2.01. The summed E-state index contributed by atoms with van der Waals surface area (Å²) < 4.78 is 17.7. The summed E-state index contributed by atoms with van der Waals surface area (Å²) in [7, 11) is 1.43. The van der Waals surface area contributed by atoms with Crippen molar-refractivity contribution < 1.29 is 13.9 Å². The van der Waals surface area contributed by atoms with Gasteiger partial charge in [0.2, 0.25) is 0 Å². The van der Waals surface area contributed by atoms with E-state index in [1.54, 1.807) is 0 Å². The first-order valence-corrected chi connectivity index (χ1v) is 3.35. The third kappa shape index (κ3) is 1.61. The molecule has 1 aromatic rings. The Morgan fingerprint density at radius 1 is 1.58 bits per heavy atom. The first kappa shape index (κ1) is 8.71. The van der Waals surface area contributed by atoms with E-state index in [0.717, 1.165) is 6.07 Å². The molecule has 0 amide bonds. The Balaban J connectivity index is 3.12. The smallest absolute Gasteiger partial charge is 0.166 e. The summed E-state index contributed by atoms with van der Waals surface area (Å²) in [5, 5.41) is 0. The molecule has 0 aliphatic rings. The number of carbonyl (C=O) groups excluding carboxylic acids is 1. The number of halogens is 1. The molecule has 0 saturated heterocycles. The molecule has 0 saturated carbocycles. The SMILES string of the molecule is [CH2]C(=O)c1ccc(OC)cc1F. The van der Waals surface area contributed by atoms with Crippen molar-refractivity contribution in [3.05, 3.63) is 36.5 Å². The van der Waals surface area contributed by atoms with E-state index in [9.17, 15) is 9.18 Å². The van der Waals surface area contributed by atoms with Crippen LogP contribution in [0.5, 0.6) is 5.75 Å². The Labute approximate surface area is 70.0 Å². The fraction of sp³-hybridized carbons (Fsp3) is 0.111. The molecule has 0 N–H and O–H groups in total. The molecular formula is C9H8FO2. The zero-order valence-corrected chi connectivity index (χ0v) is 6.63. The lowest BCUT2D eigenvalue weighted by atomic mass is 10.1. The van der Waals surface area contributed by atoms with Crippen molar-refractivity contribution in [1.82, 2.24) is 0 Å². The highest BCUT2D eigenvalue weighted by atomic mass is 19.1. The molecule has 0 aliphatic heterocycles. The first-order chi connectivity index (χ1) is 5.65. The van der Waals surface area contributed by atoms with Crippen LogP contribution in [0.25, 0.3) is 0 Å². The maximum absolute atomic E-state index is 12.9. The van der Waals surface area contributed by atoms with Crippen molar-refractivity contribution in [2.75, 3.05) is 7.11 Å². The predicted molar refractivity (Wildman–Crippen MR) is 42.6 cm³/mol. The van der Waals surface area contributed by atoms with Crippen LogP contribution in [0.3, 0.4) is 0 Å². The van der Waals surface area contributed by atoms with E-state index < -0.39 is 11.6 Å². The molecule has 2 nitrogen and oxygen atoms in total. The van der Waals surface area contributed by atoms with E-state index in [0.29, 0.717) is 5.75 Å². The fourth-order valence-corrected chi connectivity index (χ4v) is 0.849. The number of methoxy groups -OCH3 is 1. The third-order valence-electron chi connectivity index (χ3n) is 1.48. The van der Waals surface area contributed by atoms with Crippen molar-refractivity contribution in [2.24, 2.45) is 0 Å².